The van der Waals surface area contributed by atoms with Crippen molar-refractivity contribution >= 4 is 11.3 Å². The molecule has 0 fully saturated rings. The number of aryl methyl sites for hydroxylation is 1. The van der Waals surface area contributed by atoms with Gasteiger partial charge in [0.2, 0.25) is 0 Å². The predicted octanol–water partition coefficient (Wildman–Crippen LogP) is 3.44. The van der Waals surface area contributed by atoms with E-state index in [1.54, 1.807) is 0 Å². The number of thiophene rings is 1. The van der Waals surface area contributed by atoms with Crippen LogP contribution in [0.4, 0.5) is 0 Å². The minimum Gasteiger partial charge on any atom is -0.309 e. The molecule has 2 nitrogen and oxygen atoms in total. The van der Waals surface area contributed by atoms with Crippen molar-refractivity contribution in [2.75, 3.05) is 26.2 Å². The summed E-state index contributed by atoms with van der Waals surface area (Å²) in [6.45, 7) is 13.5. The molecule has 0 radical (unpaired) electrons. The normalized spacial score (nSPS) is 13.2. The summed E-state index contributed by atoms with van der Waals surface area (Å²) in [5.41, 5.74) is 0. The first-order valence-corrected chi connectivity index (χ1v) is 7.51. The molecular weight excluding hydrogens is 228 g/mol. The average Bonchev–Trinajstić information content (AvgIpc) is 2.76. The second-order valence-corrected chi connectivity index (χ2v) is 5.82. The van der Waals surface area contributed by atoms with Gasteiger partial charge in [-0.05, 0) is 58.6 Å². The van der Waals surface area contributed by atoms with Gasteiger partial charge in [-0.1, -0.05) is 13.8 Å². The Balaban J connectivity index is 2.18. The van der Waals surface area contributed by atoms with E-state index in [0.29, 0.717) is 6.04 Å². The molecule has 1 N–H and O–H groups in total. The Morgan fingerprint density at radius 2 is 2.00 bits per heavy atom. The number of rotatable bonds is 8. The minimum atomic E-state index is 0.491. The number of nitrogens with one attached hydrogen (secondary N) is 1. The number of nitrogens with zero attached hydrogens (tertiary/aromatic N) is 1. The van der Waals surface area contributed by atoms with Gasteiger partial charge in [0.15, 0.2) is 0 Å². The molecule has 1 atom stereocenters. The highest BCUT2D eigenvalue weighted by Crippen LogP contribution is 2.21. The summed E-state index contributed by atoms with van der Waals surface area (Å²) in [7, 11) is 0. The molecule has 17 heavy (non-hydrogen) atoms. The van der Waals surface area contributed by atoms with E-state index >= 15 is 0 Å². The van der Waals surface area contributed by atoms with Crippen molar-refractivity contribution in [3.05, 3.63) is 21.9 Å². The summed E-state index contributed by atoms with van der Waals surface area (Å²) in [6, 6.07) is 4.93. The predicted molar refractivity (Wildman–Crippen MR) is 77.9 cm³/mol. The van der Waals surface area contributed by atoms with Crippen molar-refractivity contribution in [1.29, 1.82) is 0 Å². The minimum absolute atomic E-state index is 0.491. The quantitative estimate of drug-likeness (QED) is 0.715. The van der Waals surface area contributed by atoms with Crippen molar-refractivity contribution in [1.82, 2.24) is 10.2 Å². The maximum Gasteiger partial charge on any atom is 0.0386 e. The first kappa shape index (κ1) is 14.7. The molecule has 0 spiro atoms. The van der Waals surface area contributed by atoms with Gasteiger partial charge in [0, 0.05) is 15.8 Å². The van der Waals surface area contributed by atoms with Crippen LogP contribution in [0.25, 0.3) is 0 Å². The molecule has 1 aromatic heterocycles. The van der Waals surface area contributed by atoms with Crippen LogP contribution in [-0.2, 0) is 0 Å². The molecule has 0 saturated heterocycles. The molecule has 0 aliphatic heterocycles. The highest BCUT2D eigenvalue weighted by Gasteiger charge is 2.06. The molecule has 0 aliphatic carbocycles. The van der Waals surface area contributed by atoms with Crippen LogP contribution in [0.15, 0.2) is 12.1 Å². The second kappa shape index (κ2) is 7.85. The average molecular weight is 254 g/mol. The maximum atomic E-state index is 3.60. The van der Waals surface area contributed by atoms with E-state index in [4.69, 9.17) is 0 Å². The largest absolute Gasteiger partial charge is 0.309 e. The molecule has 98 valence electrons. The Labute approximate surface area is 110 Å². The first-order chi connectivity index (χ1) is 8.17. The Morgan fingerprint density at radius 1 is 1.29 bits per heavy atom. The van der Waals surface area contributed by atoms with E-state index in [1.807, 2.05) is 11.3 Å². The lowest BCUT2D eigenvalue weighted by Crippen LogP contribution is -2.28. The molecule has 0 bridgehead atoms. The van der Waals surface area contributed by atoms with Crippen molar-refractivity contribution in [2.45, 2.75) is 40.2 Å². The maximum absolute atomic E-state index is 3.60. The van der Waals surface area contributed by atoms with Gasteiger partial charge >= 0.3 is 0 Å². The Morgan fingerprint density at radius 3 is 2.53 bits per heavy atom. The van der Waals surface area contributed by atoms with E-state index in [0.717, 1.165) is 19.6 Å². The monoisotopic (exact) mass is 254 g/mol. The van der Waals surface area contributed by atoms with E-state index in [-0.39, 0.29) is 0 Å². The van der Waals surface area contributed by atoms with Crippen LogP contribution >= 0.6 is 11.3 Å². The molecule has 3 heteroatoms. The molecule has 1 heterocycles. The molecule has 0 aromatic carbocycles. The molecular formula is C14H26N2S. The van der Waals surface area contributed by atoms with Gasteiger partial charge in [-0.15, -0.1) is 11.3 Å². The lowest BCUT2D eigenvalue weighted by molar-refractivity contribution is 0.296. The van der Waals surface area contributed by atoms with Gasteiger partial charge in [-0.3, -0.25) is 0 Å². The smallest absolute Gasteiger partial charge is 0.0386 e. The molecule has 1 aromatic rings. The standard InChI is InChI=1S/C14H26N2S/c1-5-16(6-2)11-7-10-15-13(4)14-9-8-12(3)17-14/h8-9,13,15H,5-7,10-11H2,1-4H3. The van der Waals surface area contributed by atoms with Crippen LogP contribution in [0.2, 0.25) is 0 Å². The third-order valence-corrected chi connectivity index (χ3v) is 4.37. The van der Waals surface area contributed by atoms with E-state index in [9.17, 15) is 0 Å². The van der Waals surface area contributed by atoms with Crippen molar-refractivity contribution in [3.8, 4) is 0 Å². The summed E-state index contributed by atoms with van der Waals surface area (Å²) in [5.74, 6) is 0. The fraction of sp³-hybridized carbons (Fsp3) is 0.714. The first-order valence-electron chi connectivity index (χ1n) is 6.69. The highest BCUT2D eigenvalue weighted by atomic mass is 32.1. The van der Waals surface area contributed by atoms with Gasteiger partial charge in [-0.2, -0.15) is 0 Å². The Hall–Kier alpha value is -0.380. The Kier molecular flexibility index (Phi) is 6.78. The molecule has 0 amide bonds. The van der Waals surface area contributed by atoms with E-state index in [2.05, 4.69) is 50.0 Å². The second-order valence-electron chi connectivity index (χ2n) is 4.50. The molecule has 1 unspecified atom stereocenters. The van der Waals surface area contributed by atoms with Crippen LogP contribution in [0.1, 0.15) is 43.0 Å². The lowest BCUT2D eigenvalue weighted by atomic mass is 10.2. The zero-order valence-electron chi connectivity index (χ0n) is 11.6. The Bertz CT molecular complexity index is 305. The van der Waals surface area contributed by atoms with Gasteiger partial charge in [-0.25, -0.2) is 0 Å². The molecule has 0 saturated carbocycles. The molecule has 0 aliphatic rings. The van der Waals surface area contributed by atoms with Gasteiger partial charge < -0.3 is 10.2 Å². The van der Waals surface area contributed by atoms with Crippen LogP contribution in [-0.4, -0.2) is 31.1 Å². The number of hydrogen-bond donors (Lipinski definition) is 1. The molecule has 1 rings (SSSR count). The summed E-state index contributed by atoms with van der Waals surface area (Å²) in [4.78, 5) is 5.32. The van der Waals surface area contributed by atoms with Crippen LogP contribution < -0.4 is 5.32 Å². The lowest BCUT2D eigenvalue weighted by Gasteiger charge is -2.18. The highest BCUT2D eigenvalue weighted by molar-refractivity contribution is 7.12. The SMILES string of the molecule is CCN(CC)CCCNC(C)c1ccc(C)s1. The summed E-state index contributed by atoms with van der Waals surface area (Å²) in [6.07, 6.45) is 1.23. The van der Waals surface area contributed by atoms with Crippen LogP contribution in [0, 0.1) is 6.92 Å². The zero-order chi connectivity index (χ0) is 12.7. The van der Waals surface area contributed by atoms with Crippen LogP contribution in [0.5, 0.6) is 0 Å². The number of hydrogen-bond acceptors (Lipinski definition) is 3. The van der Waals surface area contributed by atoms with Crippen LogP contribution in [0.3, 0.4) is 0 Å². The van der Waals surface area contributed by atoms with Crippen molar-refractivity contribution < 1.29 is 0 Å². The summed E-state index contributed by atoms with van der Waals surface area (Å²) in [5, 5.41) is 3.60. The third kappa shape index (κ3) is 5.19. The van der Waals surface area contributed by atoms with Gasteiger partial charge in [0.25, 0.3) is 0 Å². The zero-order valence-corrected chi connectivity index (χ0v) is 12.4. The summed E-state index contributed by atoms with van der Waals surface area (Å²) < 4.78 is 0. The van der Waals surface area contributed by atoms with E-state index in [1.165, 1.54) is 22.7 Å². The van der Waals surface area contributed by atoms with Gasteiger partial charge in [0.05, 0.1) is 0 Å². The fourth-order valence-electron chi connectivity index (χ4n) is 1.95. The summed E-state index contributed by atoms with van der Waals surface area (Å²) >= 11 is 1.90. The van der Waals surface area contributed by atoms with Gasteiger partial charge in [0.1, 0.15) is 0 Å². The van der Waals surface area contributed by atoms with Crippen molar-refractivity contribution in [2.24, 2.45) is 0 Å². The topological polar surface area (TPSA) is 15.3 Å². The van der Waals surface area contributed by atoms with E-state index < -0.39 is 0 Å². The van der Waals surface area contributed by atoms with Crippen molar-refractivity contribution in [3.63, 3.8) is 0 Å². The third-order valence-electron chi connectivity index (χ3n) is 3.18. The fourth-order valence-corrected chi connectivity index (χ4v) is 2.85.